The predicted molar refractivity (Wildman–Crippen MR) is 391 cm³/mol. The van der Waals surface area contributed by atoms with Gasteiger partial charge in [0.2, 0.25) is 0 Å². The van der Waals surface area contributed by atoms with Crippen molar-refractivity contribution in [2.24, 2.45) is 0 Å². The third-order valence-corrected chi connectivity index (χ3v) is 15.1. The van der Waals surface area contributed by atoms with Gasteiger partial charge in [-0.15, -0.1) is 0 Å². The fourth-order valence-electron chi connectivity index (χ4n) is 8.98. The maximum atomic E-state index is 14.1. The van der Waals surface area contributed by atoms with E-state index in [2.05, 4.69) is 10.1 Å². The van der Waals surface area contributed by atoms with Crippen LogP contribution in [0.25, 0.3) is 11.1 Å². The van der Waals surface area contributed by atoms with E-state index in [1.165, 1.54) is 33.0 Å². The van der Waals surface area contributed by atoms with Crippen LogP contribution >= 0.6 is 23.2 Å². The highest BCUT2D eigenvalue weighted by atomic mass is 35.5. The third kappa shape index (κ3) is 28.6. The van der Waals surface area contributed by atoms with Gasteiger partial charge in [0.05, 0.1) is 45.9 Å². The average Bonchev–Trinajstić information content (AvgIpc) is 0.830. The highest BCUT2D eigenvalue weighted by Gasteiger charge is 2.34. The SMILES string of the molecule is CC(C)OC(=O)C(C)(C)Oc1ccc(C(=O)c2ccc(Cl)cc2)cc1.CCOC(=O)C(C)(C)Oc1ccc(Cl)cc1.COC(=O)C(C)c1ccc(-c2ccccc2)c(F)c1.COC(=O)C(C)c1cccc(Oc2ccccc2)c1.COC(=O)C(Cc1ccc(C)c(C)c1)NC(=O)OC(C)(C)C. The lowest BCUT2D eigenvalue weighted by Crippen LogP contribution is -2.45. The lowest BCUT2D eigenvalue weighted by molar-refractivity contribution is -0.163. The minimum absolute atomic E-state index is 0.110. The number of rotatable bonds is 21. The number of methoxy groups -OCH3 is 3. The maximum absolute atomic E-state index is 14.1. The normalized spacial score (nSPS) is 11.7. The Morgan fingerprint density at radius 2 is 0.970 bits per heavy atom. The lowest BCUT2D eigenvalue weighted by atomic mass is 9.97. The van der Waals surface area contributed by atoms with Crippen LogP contribution in [0.2, 0.25) is 10.0 Å². The average molecular weight is 1430 g/mol. The van der Waals surface area contributed by atoms with Gasteiger partial charge in [-0.2, -0.15) is 0 Å². The number of carbonyl (C=O) groups excluding carboxylic acids is 7. The molecule has 0 aromatic heterocycles. The largest absolute Gasteiger partial charge is 0.476 e. The molecule has 101 heavy (non-hydrogen) atoms. The Bertz CT molecular complexity index is 3970. The zero-order chi connectivity index (χ0) is 75.2. The fraction of sp³-hybridized carbons (Fsp3) is 0.321. The molecule has 538 valence electrons. The molecule has 0 bridgehead atoms. The maximum Gasteiger partial charge on any atom is 0.408 e. The standard InChI is InChI=1S/C20H21ClO4.C17H25NO4.C16H15FO2.C16H16O3.C12H15ClO3/c1-13(2)24-19(23)20(3,4)25-17-11-7-15(8-12-17)18(22)14-5-9-16(21)10-6-14;1-11-7-8-13(9-12(11)2)10-14(15(19)21-6)18-16(20)22-17(3,4)5;1-11(16(18)19-2)13-8-9-14(15(17)10-13)12-6-4-3-5-7-12;1-12(16(17)18-2)13-7-6-10-15(11-13)19-14-8-4-3-5-9-14;1-4-15-11(14)12(2,3)16-10-7-5-9(13)6-8-10/h5-13H,1-4H3;7-9,14H,10H2,1-6H3,(H,18,20);3-11H,1-2H3;3-12H,1-2H3;5-8H,4H2,1-3H3. The second-order valence-corrected chi connectivity index (χ2v) is 26.0. The zero-order valence-corrected chi connectivity index (χ0v) is 61.9. The number of alkyl carbamates (subject to hydrolysis) is 1. The summed E-state index contributed by atoms with van der Waals surface area (Å²) in [5.74, 6) is -0.609. The van der Waals surface area contributed by atoms with Crippen LogP contribution < -0.4 is 19.5 Å². The molecule has 1 N–H and O–H groups in total. The van der Waals surface area contributed by atoms with E-state index in [1.807, 2.05) is 124 Å². The molecule has 17 nitrogen and oxygen atoms in total. The summed E-state index contributed by atoms with van der Waals surface area (Å²) in [6.45, 7) is 25.1. The first-order valence-corrected chi connectivity index (χ1v) is 33.2. The number of ether oxygens (including phenoxy) is 9. The lowest BCUT2D eigenvalue weighted by Gasteiger charge is -2.25. The van der Waals surface area contributed by atoms with E-state index < -0.39 is 46.8 Å². The molecular formula is C81H92Cl2FNO16. The number of amides is 1. The van der Waals surface area contributed by atoms with Crippen LogP contribution in [0, 0.1) is 19.7 Å². The molecule has 0 heterocycles. The van der Waals surface area contributed by atoms with Crippen LogP contribution in [0.15, 0.2) is 194 Å². The molecule has 0 aliphatic heterocycles. The molecule has 3 atom stereocenters. The number of carbonyl (C=O) groups is 7. The molecule has 8 aromatic rings. The van der Waals surface area contributed by atoms with Crippen molar-refractivity contribution in [2.45, 2.75) is 144 Å². The van der Waals surface area contributed by atoms with E-state index in [9.17, 15) is 38.0 Å². The minimum Gasteiger partial charge on any atom is -0.476 e. The first-order chi connectivity index (χ1) is 47.6. The van der Waals surface area contributed by atoms with Crippen LogP contribution in [-0.2, 0) is 58.8 Å². The van der Waals surface area contributed by atoms with Crippen molar-refractivity contribution in [3.05, 3.63) is 249 Å². The van der Waals surface area contributed by atoms with Gasteiger partial charge >= 0.3 is 35.9 Å². The third-order valence-electron chi connectivity index (χ3n) is 14.6. The molecule has 3 unspecified atom stereocenters. The van der Waals surface area contributed by atoms with Crippen LogP contribution in [0.5, 0.6) is 23.0 Å². The summed E-state index contributed by atoms with van der Waals surface area (Å²) in [6, 6.07) is 56.5. The summed E-state index contributed by atoms with van der Waals surface area (Å²) < 4.78 is 60.5. The van der Waals surface area contributed by atoms with Crippen molar-refractivity contribution in [1.82, 2.24) is 5.32 Å². The molecule has 0 radical (unpaired) electrons. The molecule has 8 aromatic carbocycles. The first kappa shape index (κ1) is 83.4. The Labute approximate surface area is 602 Å². The minimum atomic E-state index is -1.12. The molecule has 1 amide bonds. The number of esters is 5. The number of halogens is 3. The Morgan fingerprint density at radius 1 is 0.495 bits per heavy atom. The summed E-state index contributed by atoms with van der Waals surface area (Å²) in [4.78, 5) is 82.7. The van der Waals surface area contributed by atoms with E-state index >= 15 is 0 Å². The quantitative estimate of drug-likeness (QED) is 0.0402. The zero-order valence-electron chi connectivity index (χ0n) is 60.4. The fourth-order valence-corrected chi connectivity index (χ4v) is 9.23. The molecule has 0 spiro atoms. The van der Waals surface area contributed by atoms with Crippen molar-refractivity contribution in [3.8, 4) is 34.1 Å². The van der Waals surface area contributed by atoms with Crippen molar-refractivity contribution < 1.29 is 80.6 Å². The summed E-state index contributed by atoms with van der Waals surface area (Å²) in [6.07, 6.45) is -0.492. The number of nitrogens with one attached hydrogen (secondary N) is 1. The molecule has 0 fully saturated rings. The summed E-state index contributed by atoms with van der Waals surface area (Å²) in [7, 11) is 4.02. The predicted octanol–water partition coefficient (Wildman–Crippen LogP) is 18.2. The number of hydrogen-bond donors (Lipinski definition) is 1. The monoisotopic (exact) mass is 1420 g/mol. The van der Waals surface area contributed by atoms with Crippen LogP contribution in [0.1, 0.15) is 139 Å². The van der Waals surface area contributed by atoms with Gasteiger partial charge in [-0.3, -0.25) is 14.4 Å². The van der Waals surface area contributed by atoms with Crippen molar-refractivity contribution in [3.63, 3.8) is 0 Å². The number of benzene rings is 8. The number of ketones is 1. The molecule has 0 aliphatic rings. The molecule has 0 saturated carbocycles. The van der Waals surface area contributed by atoms with E-state index in [4.69, 9.17) is 61.1 Å². The number of aryl methyl sites for hydroxylation is 2. The molecule has 20 heteroatoms. The van der Waals surface area contributed by atoms with Gasteiger partial charge in [-0.1, -0.05) is 114 Å². The van der Waals surface area contributed by atoms with Gasteiger partial charge in [0.15, 0.2) is 17.0 Å². The molecular weight excluding hydrogens is 1330 g/mol. The van der Waals surface area contributed by atoms with E-state index in [-0.39, 0.29) is 41.5 Å². The highest BCUT2D eigenvalue weighted by Crippen LogP contribution is 2.30. The highest BCUT2D eigenvalue weighted by molar-refractivity contribution is 6.31. The molecule has 0 aliphatic carbocycles. The second kappa shape index (κ2) is 40.3. The number of hydrogen-bond acceptors (Lipinski definition) is 16. The summed E-state index contributed by atoms with van der Waals surface area (Å²) in [5, 5.41) is 3.78. The van der Waals surface area contributed by atoms with Crippen molar-refractivity contribution >= 4 is 64.9 Å². The van der Waals surface area contributed by atoms with E-state index in [1.54, 1.807) is 161 Å². The molecule has 8 rings (SSSR count). The first-order valence-electron chi connectivity index (χ1n) is 32.5. The van der Waals surface area contributed by atoms with Gasteiger partial charge in [0, 0.05) is 33.2 Å². The van der Waals surface area contributed by atoms with E-state index in [0.717, 1.165) is 28.0 Å². The smallest absolute Gasteiger partial charge is 0.408 e. The number of para-hydroxylation sites is 1. The van der Waals surface area contributed by atoms with Crippen molar-refractivity contribution in [2.75, 3.05) is 27.9 Å². The van der Waals surface area contributed by atoms with E-state index in [0.29, 0.717) is 62.6 Å². The summed E-state index contributed by atoms with van der Waals surface area (Å²) >= 11 is 11.6. The van der Waals surface area contributed by atoms with Crippen LogP contribution in [0.4, 0.5) is 9.18 Å². The van der Waals surface area contributed by atoms with Gasteiger partial charge < -0.3 is 47.9 Å². The van der Waals surface area contributed by atoms with Gasteiger partial charge in [0.25, 0.3) is 0 Å². The Kier molecular flexibility index (Phi) is 33.2. The van der Waals surface area contributed by atoms with Crippen LogP contribution in [0.3, 0.4) is 0 Å². The van der Waals surface area contributed by atoms with Crippen LogP contribution in [-0.4, -0.2) is 98.6 Å². The Morgan fingerprint density at radius 3 is 1.46 bits per heavy atom. The Hall–Kier alpha value is -10.0. The second-order valence-electron chi connectivity index (χ2n) is 25.1. The Balaban J connectivity index is 0.000000270. The van der Waals surface area contributed by atoms with Gasteiger partial charge in [-0.05, 0) is 233 Å². The van der Waals surface area contributed by atoms with Crippen molar-refractivity contribution in [1.29, 1.82) is 0 Å². The molecule has 0 saturated heterocycles. The van der Waals surface area contributed by atoms with Gasteiger partial charge in [0.1, 0.15) is 40.5 Å². The summed E-state index contributed by atoms with van der Waals surface area (Å²) in [5.41, 5.74) is 4.45. The van der Waals surface area contributed by atoms with Gasteiger partial charge in [-0.25, -0.2) is 23.6 Å². The topological polar surface area (TPSA) is 215 Å².